The molecular formula is C29H34N6O4Si. The van der Waals surface area contributed by atoms with Gasteiger partial charge in [0.15, 0.2) is 17.8 Å². The van der Waals surface area contributed by atoms with E-state index in [1.165, 1.54) is 0 Å². The van der Waals surface area contributed by atoms with Crippen LogP contribution < -0.4 is 15.6 Å². The molecule has 11 heteroatoms. The lowest BCUT2D eigenvalue weighted by molar-refractivity contribution is -0.118. The van der Waals surface area contributed by atoms with Crippen LogP contribution in [0.1, 0.15) is 18.9 Å². The van der Waals surface area contributed by atoms with Crippen LogP contribution in [0.4, 0.5) is 5.69 Å². The minimum atomic E-state index is -1.27. The number of rotatable bonds is 12. The molecule has 0 saturated carbocycles. The number of carbonyl (C=O) groups excluding carboxylic acids is 1. The second kappa shape index (κ2) is 12.7. The van der Waals surface area contributed by atoms with E-state index in [0.29, 0.717) is 47.1 Å². The summed E-state index contributed by atoms with van der Waals surface area (Å²) in [7, 11) is -1.27. The molecule has 0 aliphatic carbocycles. The number of benzene rings is 2. The predicted molar refractivity (Wildman–Crippen MR) is 157 cm³/mol. The number of imidazole rings is 1. The summed E-state index contributed by atoms with van der Waals surface area (Å²) in [6.07, 6.45) is 2.36. The van der Waals surface area contributed by atoms with Gasteiger partial charge in [0.1, 0.15) is 24.6 Å². The number of nitrogens with zero attached hydrogens (tertiary/aromatic N) is 5. The molecule has 1 N–H and O–H groups in total. The Balaban J connectivity index is 1.51. The number of nitriles is 1. The first kappa shape index (κ1) is 28.7. The van der Waals surface area contributed by atoms with Crippen molar-refractivity contribution < 1.29 is 14.3 Å². The van der Waals surface area contributed by atoms with E-state index in [4.69, 9.17) is 14.7 Å². The highest BCUT2D eigenvalue weighted by molar-refractivity contribution is 6.76. The molecule has 2 aromatic heterocycles. The Morgan fingerprint density at radius 2 is 1.82 bits per heavy atom. The highest BCUT2D eigenvalue weighted by atomic mass is 28.3. The van der Waals surface area contributed by atoms with E-state index in [1.807, 2.05) is 25.1 Å². The van der Waals surface area contributed by atoms with Gasteiger partial charge in [0.25, 0.3) is 11.5 Å². The number of hydrogen-bond acceptors (Lipinski definition) is 7. The van der Waals surface area contributed by atoms with Crippen LogP contribution in [0, 0.1) is 11.3 Å². The molecule has 2 heterocycles. The van der Waals surface area contributed by atoms with Gasteiger partial charge in [-0.05, 0) is 61.0 Å². The molecular weight excluding hydrogens is 524 g/mol. The zero-order valence-electron chi connectivity index (χ0n) is 23.3. The van der Waals surface area contributed by atoms with Crippen LogP contribution in [0.15, 0.2) is 59.7 Å². The molecule has 0 aliphatic heterocycles. The van der Waals surface area contributed by atoms with Crippen molar-refractivity contribution >= 4 is 30.8 Å². The van der Waals surface area contributed by atoms with E-state index in [1.54, 1.807) is 51.9 Å². The number of fused-ring (bicyclic) bond motifs is 1. The number of anilines is 1. The second-order valence-electron chi connectivity index (χ2n) is 10.7. The minimum absolute atomic E-state index is 0.146. The van der Waals surface area contributed by atoms with Gasteiger partial charge in [-0.25, -0.2) is 9.97 Å². The van der Waals surface area contributed by atoms with Gasteiger partial charge in [-0.15, -0.1) is 0 Å². The normalized spacial score (nSPS) is 11.4. The lowest BCUT2D eigenvalue weighted by Crippen LogP contribution is -2.24. The van der Waals surface area contributed by atoms with E-state index in [-0.39, 0.29) is 24.8 Å². The van der Waals surface area contributed by atoms with Gasteiger partial charge in [0, 0.05) is 32.5 Å². The van der Waals surface area contributed by atoms with Gasteiger partial charge < -0.3 is 14.8 Å². The fourth-order valence-corrected chi connectivity index (χ4v) is 4.77. The molecule has 208 valence electrons. The maximum Gasteiger partial charge on any atom is 0.279 e. The SMILES string of the molecule is CCCn1cnc2nc(-c3ccc(OCC(=O)Nc4ccc(C#N)cc4)cc3)n(COCC[Si](C)(C)C)c2c1=O. The molecule has 4 rings (SSSR count). The summed E-state index contributed by atoms with van der Waals surface area (Å²) in [6.45, 7) is 10.1. The number of amides is 1. The number of ether oxygens (including phenoxy) is 2. The van der Waals surface area contributed by atoms with E-state index in [2.05, 4.69) is 34.9 Å². The Hall–Kier alpha value is -4.27. The molecule has 10 nitrogen and oxygen atoms in total. The average Bonchev–Trinajstić information content (AvgIpc) is 3.31. The smallest absolute Gasteiger partial charge is 0.279 e. The number of aromatic nitrogens is 4. The highest BCUT2D eigenvalue weighted by Gasteiger charge is 2.19. The molecule has 1 amide bonds. The fourth-order valence-electron chi connectivity index (χ4n) is 4.01. The molecule has 0 fully saturated rings. The minimum Gasteiger partial charge on any atom is -0.484 e. The van der Waals surface area contributed by atoms with E-state index in [0.717, 1.165) is 18.0 Å². The third-order valence-electron chi connectivity index (χ3n) is 6.19. The van der Waals surface area contributed by atoms with Crippen molar-refractivity contribution in [2.24, 2.45) is 0 Å². The summed E-state index contributed by atoms with van der Waals surface area (Å²) < 4.78 is 15.1. The number of carbonyl (C=O) groups is 1. The molecule has 40 heavy (non-hydrogen) atoms. The zero-order chi connectivity index (χ0) is 28.7. The van der Waals surface area contributed by atoms with Gasteiger partial charge in [-0.1, -0.05) is 26.6 Å². The van der Waals surface area contributed by atoms with Crippen LogP contribution in [0.5, 0.6) is 5.75 Å². The largest absolute Gasteiger partial charge is 0.484 e. The maximum absolute atomic E-state index is 13.3. The summed E-state index contributed by atoms with van der Waals surface area (Å²) in [5.41, 5.74) is 2.51. The summed E-state index contributed by atoms with van der Waals surface area (Å²) in [5.74, 6) is 0.767. The molecule has 2 aromatic carbocycles. The van der Waals surface area contributed by atoms with Crippen molar-refractivity contribution in [3.63, 3.8) is 0 Å². The quantitative estimate of drug-likeness (QED) is 0.194. The van der Waals surface area contributed by atoms with Crippen molar-refractivity contribution in [1.29, 1.82) is 5.26 Å². The van der Waals surface area contributed by atoms with Gasteiger partial charge in [-0.3, -0.25) is 18.7 Å². The zero-order valence-corrected chi connectivity index (χ0v) is 24.3. The Kier molecular flexibility index (Phi) is 9.14. The van der Waals surface area contributed by atoms with Crippen LogP contribution in [0.2, 0.25) is 25.7 Å². The van der Waals surface area contributed by atoms with E-state index >= 15 is 0 Å². The first-order valence-electron chi connectivity index (χ1n) is 13.2. The number of hydrogen-bond donors (Lipinski definition) is 1. The van der Waals surface area contributed by atoms with Crippen molar-refractivity contribution in [2.45, 2.75) is 52.3 Å². The van der Waals surface area contributed by atoms with E-state index in [9.17, 15) is 9.59 Å². The molecule has 4 aromatic rings. The topological polar surface area (TPSA) is 124 Å². The van der Waals surface area contributed by atoms with Crippen molar-refractivity contribution in [2.75, 3.05) is 18.5 Å². The predicted octanol–water partition coefficient (Wildman–Crippen LogP) is 4.87. The Labute approximate surface area is 234 Å². The molecule has 0 saturated heterocycles. The Bertz CT molecular complexity index is 1560. The summed E-state index contributed by atoms with van der Waals surface area (Å²) >= 11 is 0. The number of nitrogens with one attached hydrogen (secondary N) is 1. The molecule has 0 aliphatic rings. The lowest BCUT2D eigenvalue weighted by Gasteiger charge is -2.16. The van der Waals surface area contributed by atoms with Gasteiger partial charge in [-0.2, -0.15) is 5.26 Å². The average molecular weight is 559 g/mol. The Morgan fingerprint density at radius 1 is 1.10 bits per heavy atom. The lowest BCUT2D eigenvalue weighted by atomic mass is 10.2. The highest BCUT2D eigenvalue weighted by Crippen LogP contribution is 2.25. The van der Waals surface area contributed by atoms with Gasteiger partial charge in [0.05, 0.1) is 11.6 Å². The summed E-state index contributed by atoms with van der Waals surface area (Å²) in [5, 5.41) is 11.6. The van der Waals surface area contributed by atoms with Crippen LogP contribution in [-0.2, 0) is 22.8 Å². The summed E-state index contributed by atoms with van der Waals surface area (Å²) in [6, 6.07) is 16.8. The monoisotopic (exact) mass is 558 g/mol. The summed E-state index contributed by atoms with van der Waals surface area (Å²) in [4.78, 5) is 34.7. The fraction of sp³-hybridized carbons (Fsp3) is 0.345. The van der Waals surface area contributed by atoms with Crippen molar-refractivity contribution in [1.82, 2.24) is 19.1 Å². The van der Waals surface area contributed by atoms with Crippen LogP contribution in [-0.4, -0.2) is 46.3 Å². The van der Waals surface area contributed by atoms with Crippen molar-refractivity contribution in [3.8, 4) is 23.2 Å². The second-order valence-corrected chi connectivity index (χ2v) is 16.3. The van der Waals surface area contributed by atoms with Crippen molar-refractivity contribution in [3.05, 3.63) is 70.8 Å². The first-order valence-corrected chi connectivity index (χ1v) is 17.0. The maximum atomic E-state index is 13.3. The molecule has 0 spiro atoms. The standard InChI is InChI=1S/C29H34N6O4Si/c1-5-14-34-19-31-27-26(29(34)37)35(20-38-15-16-40(2,3)4)28(33-27)22-8-12-24(13-9-22)39-18-25(36)32-23-10-6-21(17-30)7-11-23/h6-13,19H,5,14-16,18,20H2,1-4H3,(H,32,36). The van der Waals surface area contributed by atoms with Crippen LogP contribution in [0.3, 0.4) is 0 Å². The van der Waals surface area contributed by atoms with Crippen LogP contribution >= 0.6 is 0 Å². The van der Waals surface area contributed by atoms with E-state index < -0.39 is 8.07 Å². The third-order valence-corrected chi connectivity index (χ3v) is 7.90. The van der Waals surface area contributed by atoms with Gasteiger partial charge >= 0.3 is 0 Å². The molecule has 0 unspecified atom stereocenters. The number of aryl methyl sites for hydroxylation is 1. The molecule has 0 bridgehead atoms. The third kappa shape index (κ3) is 7.22. The molecule has 0 radical (unpaired) electrons. The Morgan fingerprint density at radius 3 is 2.48 bits per heavy atom. The van der Waals surface area contributed by atoms with Crippen LogP contribution in [0.25, 0.3) is 22.6 Å². The molecule has 0 atom stereocenters. The first-order chi connectivity index (χ1) is 19.2. The van der Waals surface area contributed by atoms with Gasteiger partial charge in [0.2, 0.25) is 0 Å².